The number of hydrogen-bond acceptors (Lipinski definition) is 3. The van der Waals surface area contributed by atoms with E-state index in [1.165, 1.54) is 0 Å². The number of amides is 2. The first-order chi connectivity index (χ1) is 16.5. The second-order valence-electron chi connectivity index (χ2n) is 8.52. The van der Waals surface area contributed by atoms with Gasteiger partial charge in [-0.05, 0) is 42.2 Å². The summed E-state index contributed by atoms with van der Waals surface area (Å²) >= 11 is 1.67. The quantitative estimate of drug-likeness (QED) is 0.255. The molecule has 2 amide bonds. The average Bonchev–Trinajstić information content (AvgIpc) is 3.60. The molecule has 3 aromatic heterocycles. The second kappa shape index (κ2) is 7.81. The number of aromatic amines is 2. The number of rotatable bonds is 5. The van der Waals surface area contributed by atoms with Crippen molar-refractivity contribution >= 4 is 56.5 Å². The first kappa shape index (κ1) is 20.6. The molecule has 6 rings (SSSR count). The SMILES string of the molecule is CSc1ccc2c(C3=C(c4c[nH]c5cc(Cc6ccc[nH]6)ccc45)C(=O)NC3=O)cn(C)c2c1. The first-order valence-electron chi connectivity index (χ1n) is 11.0. The van der Waals surface area contributed by atoms with Crippen molar-refractivity contribution in [2.45, 2.75) is 11.3 Å². The summed E-state index contributed by atoms with van der Waals surface area (Å²) in [4.78, 5) is 33.7. The van der Waals surface area contributed by atoms with Gasteiger partial charge in [-0.2, -0.15) is 0 Å². The summed E-state index contributed by atoms with van der Waals surface area (Å²) in [6.45, 7) is 0. The molecule has 0 fully saturated rings. The summed E-state index contributed by atoms with van der Waals surface area (Å²) in [6, 6.07) is 16.4. The van der Waals surface area contributed by atoms with Crippen LogP contribution >= 0.6 is 11.8 Å². The number of carbonyl (C=O) groups excluding carboxylic acids is 2. The normalized spacial score (nSPS) is 14.1. The van der Waals surface area contributed by atoms with E-state index >= 15 is 0 Å². The van der Waals surface area contributed by atoms with Crippen LogP contribution in [0.3, 0.4) is 0 Å². The molecule has 0 aliphatic carbocycles. The molecule has 0 saturated heterocycles. The Labute approximate surface area is 200 Å². The molecule has 0 saturated carbocycles. The van der Waals surface area contributed by atoms with Crippen molar-refractivity contribution in [3.8, 4) is 0 Å². The molecular formula is C27H22N4O2S. The number of carbonyl (C=O) groups is 2. The molecule has 0 bridgehead atoms. The predicted octanol–water partition coefficient (Wildman–Crippen LogP) is 4.87. The third-order valence-electron chi connectivity index (χ3n) is 6.47. The molecule has 3 N–H and O–H groups in total. The van der Waals surface area contributed by atoms with E-state index in [4.69, 9.17) is 0 Å². The van der Waals surface area contributed by atoms with Crippen molar-refractivity contribution in [2.24, 2.45) is 7.05 Å². The molecular weight excluding hydrogens is 444 g/mol. The number of thioether (sulfide) groups is 1. The number of H-pyrrole nitrogens is 2. The highest BCUT2D eigenvalue weighted by molar-refractivity contribution is 7.98. The van der Waals surface area contributed by atoms with Crippen molar-refractivity contribution in [1.82, 2.24) is 19.9 Å². The molecule has 7 heteroatoms. The van der Waals surface area contributed by atoms with E-state index in [0.29, 0.717) is 11.1 Å². The van der Waals surface area contributed by atoms with Crippen LogP contribution in [0.25, 0.3) is 33.0 Å². The van der Waals surface area contributed by atoms with Crippen LogP contribution in [0.5, 0.6) is 0 Å². The molecule has 34 heavy (non-hydrogen) atoms. The van der Waals surface area contributed by atoms with Crippen LogP contribution in [-0.4, -0.2) is 32.6 Å². The van der Waals surface area contributed by atoms with Crippen LogP contribution in [0.2, 0.25) is 0 Å². The lowest BCUT2D eigenvalue weighted by molar-refractivity contribution is -0.122. The van der Waals surface area contributed by atoms with Crippen molar-refractivity contribution < 1.29 is 9.59 Å². The summed E-state index contributed by atoms with van der Waals surface area (Å²) in [5, 5.41) is 4.39. The fourth-order valence-electron chi connectivity index (χ4n) is 4.85. The zero-order valence-electron chi connectivity index (χ0n) is 18.7. The Bertz CT molecular complexity index is 1640. The highest BCUT2D eigenvalue weighted by atomic mass is 32.2. The smallest absolute Gasteiger partial charge is 0.259 e. The summed E-state index contributed by atoms with van der Waals surface area (Å²) in [7, 11) is 1.96. The van der Waals surface area contributed by atoms with Gasteiger partial charge in [-0.3, -0.25) is 14.9 Å². The summed E-state index contributed by atoms with van der Waals surface area (Å²) in [5.74, 6) is -0.728. The van der Waals surface area contributed by atoms with Crippen LogP contribution in [0.15, 0.2) is 72.0 Å². The Morgan fingerprint density at radius 3 is 2.47 bits per heavy atom. The van der Waals surface area contributed by atoms with Crippen LogP contribution in [0.4, 0.5) is 0 Å². The minimum absolute atomic E-state index is 0.362. The number of imide groups is 1. The number of fused-ring (bicyclic) bond motifs is 2. The topological polar surface area (TPSA) is 82.7 Å². The number of nitrogens with one attached hydrogen (secondary N) is 3. The Balaban J connectivity index is 1.51. The van der Waals surface area contributed by atoms with Gasteiger partial charge in [-0.1, -0.05) is 18.2 Å². The molecule has 4 heterocycles. The Kier molecular flexibility index (Phi) is 4.74. The lowest BCUT2D eigenvalue weighted by Gasteiger charge is -2.05. The molecule has 168 valence electrons. The Morgan fingerprint density at radius 1 is 0.912 bits per heavy atom. The van der Waals surface area contributed by atoms with E-state index in [1.807, 2.05) is 60.7 Å². The Morgan fingerprint density at radius 2 is 1.71 bits per heavy atom. The maximum atomic E-state index is 13.0. The van der Waals surface area contributed by atoms with Gasteiger partial charge in [-0.25, -0.2) is 0 Å². The van der Waals surface area contributed by atoms with E-state index in [1.54, 1.807) is 11.8 Å². The lowest BCUT2D eigenvalue weighted by atomic mass is 9.95. The first-order valence-corrected chi connectivity index (χ1v) is 12.2. The van der Waals surface area contributed by atoms with Gasteiger partial charge in [-0.15, -0.1) is 11.8 Å². The third kappa shape index (κ3) is 3.20. The van der Waals surface area contributed by atoms with E-state index < -0.39 is 0 Å². The second-order valence-corrected chi connectivity index (χ2v) is 9.40. The summed E-state index contributed by atoms with van der Waals surface area (Å²) in [6.07, 6.45) is 8.51. The standard InChI is InChI=1S/C27H22N4O2S/c1-31-14-21(19-8-6-17(34-2)12-23(19)31)25-24(26(32)30-27(25)33)20-13-29-22-11-15(5-7-18(20)22)10-16-4-3-9-28-16/h3-9,11-14,28-29H,10H2,1-2H3,(H,30,32,33). The van der Waals surface area contributed by atoms with Gasteiger partial charge in [0.25, 0.3) is 11.8 Å². The third-order valence-corrected chi connectivity index (χ3v) is 7.20. The minimum atomic E-state index is -0.367. The number of aromatic nitrogens is 3. The minimum Gasteiger partial charge on any atom is -0.365 e. The van der Waals surface area contributed by atoms with Crippen molar-refractivity contribution in [3.63, 3.8) is 0 Å². The molecule has 1 aliphatic heterocycles. The van der Waals surface area contributed by atoms with E-state index in [2.05, 4.69) is 39.6 Å². The number of hydrogen-bond donors (Lipinski definition) is 3. The number of nitrogens with zero attached hydrogens (tertiary/aromatic N) is 1. The fraction of sp³-hybridized carbons (Fsp3) is 0.111. The fourth-order valence-corrected chi connectivity index (χ4v) is 5.28. The van der Waals surface area contributed by atoms with Gasteiger partial charge in [0.05, 0.1) is 11.1 Å². The van der Waals surface area contributed by atoms with Gasteiger partial charge in [0.1, 0.15) is 0 Å². The summed E-state index contributed by atoms with van der Waals surface area (Å²) < 4.78 is 2.01. The number of aryl methyl sites for hydroxylation is 1. The molecule has 2 aromatic carbocycles. The Hall–Kier alpha value is -3.97. The maximum absolute atomic E-state index is 13.0. The van der Waals surface area contributed by atoms with Crippen molar-refractivity contribution in [1.29, 1.82) is 0 Å². The molecule has 6 nitrogen and oxygen atoms in total. The predicted molar refractivity (Wildman–Crippen MR) is 137 cm³/mol. The van der Waals surface area contributed by atoms with E-state index in [0.717, 1.165) is 55.5 Å². The lowest BCUT2D eigenvalue weighted by Crippen LogP contribution is -2.22. The largest absolute Gasteiger partial charge is 0.365 e. The highest BCUT2D eigenvalue weighted by Gasteiger charge is 2.35. The van der Waals surface area contributed by atoms with Gasteiger partial charge < -0.3 is 14.5 Å². The van der Waals surface area contributed by atoms with Crippen LogP contribution in [0.1, 0.15) is 22.4 Å². The van der Waals surface area contributed by atoms with Gasteiger partial charge in [0, 0.05) is 75.6 Å². The van der Waals surface area contributed by atoms with Gasteiger partial charge in [0.2, 0.25) is 0 Å². The van der Waals surface area contributed by atoms with Crippen LogP contribution in [0, 0.1) is 0 Å². The summed E-state index contributed by atoms with van der Waals surface area (Å²) in [5.41, 5.74) is 6.58. The van der Waals surface area contributed by atoms with E-state index in [9.17, 15) is 9.59 Å². The van der Waals surface area contributed by atoms with Crippen molar-refractivity contribution in [2.75, 3.05) is 6.26 Å². The van der Waals surface area contributed by atoms with Crippen LogP contribution < -0.4 is 5.32 Å². The molecule has 1 aliphatic rings. The molecule has 0 atom stereocenters. The number of benzene rings is 2. The maximum Gasteiger partial charge on any atom is 0.259 e. The molecule has 0 unspecified atom stereocenters. The zero-order valence-corrected chi connectivity index (χ0v) is 19.5. The monoisotopic (exact) mass is 466 g/mol. The molecule has 0 radical (unpaired) electrons. The van der Waals surface area contributed by atoms with Crippen molar-refractivity contribution in [3.05, 3.63) is 89.5 Å². The molecule has 0 spiro atoms. The van der Waals surface area contributed by atoms with Crippen LogP contribution in [-0.2, 0) is 23.1 Å². The van der Waals surface area contributed by atoms with E-state index in [-0.39, 0.29) is 11.8 Å². The van der Waals surface area contributed by atoms with Gasteiger partial charge >= 0.3 is 0 Å². The zero-order chi connectivity index (χ0) is 23.4. The van der Waals surface area contributed by atoms with Gasteiger partial charge in [0.15, 0.2) is 0 Å². The average molecular weight is 467 g/mol. The highest BCUT2D eigenvalue weighted by Crippen LogP contribution is 2.39. The molecule has 5 aromatic rings.